The van der Waals surface area contributed by atoms with Crippen LogP contribution in [0.2, 0.25) is 0 Å². The van der Waals surface area contributed by atoms with E-state index < -0.39 is 23.8 Å². The summed E-state index contributed by atoms with van der Waals surface area (Å²) in [7, 11) is 0. The van der Waals surface area contributed by atoms with E-state index in [4.69, 9.17) is 4.74 Å². The summed E-state index contributed by atoms with van der Waals surface area (Å²) in [6.07, 6.45) is 3.96. The topological polar surface area (TPSA) is 63.7 Å². The number of amides is 2. The van der Waals surface area contributed by atoms with Gasteiger partial charge >= 0.3 is 5.97 Å². The fourth-order valence-electron chi connectivity index (χ4n) is 2.07. The van der Waals surface area contributed by atoms with Gasteiger partial charge in [-0.15, -0.1) is 0 Å². The van der Waals surface area contributed by atoms with E-state index in [1.807, 2.05) is 30.3 Å². The number of hydrogen-bond acceptors (Lipinski definition) is 4. The molecule has 0 fully saturated rings. The number of esters is 1. The predicted molar refractivity (Wildman–Crippen MR) is 76.1 cm³/mol. The minimum absolute atomic E-state index is 0.0355. The Bertz CT molecular complexity index is 574. The highest BCUT2D eigenvalue weighted by atomic mass is 16.5. The lowest BCUT2D eigenvalue weighted by Gasteiger charge is -2.24. The minimum atomic E-state index is -0.970. The first kappa shape index (κ1) is 14.7. The Hall–Kier alpha value is -2.69. The van der Waals surface area contributed by atoms with Crippen LogP contribution in [0.3, 0.4) is 0 Å². The summed E-state index contributed by atoms with van der Waals surface area (Å²) < 4.78 is 5.00. The highest BCUT2D eigenvalue weighted by Gasteiger charge is 2.36. The average Bonchev–Trinajstić information content (AvgIpc) is 2.82. The van der Waals surface area contributed by atoms with Crippen molar-refractivity contribution in [1.82, 2.24) is 4.90 Å². The van der Waals surface area contributed by atoms with Gasteiger partial charge in [-0.1, -0.05) is 43.0 Å². The lowest BCUT2D eigenvalue weighted by atomic mass is 10.0. The third-order valence-electron chi connectivity index (χ3n) is 3.04. The molecule has 1 aromatic carbocycles. The van der Waals surface area contributed by atoms with Crippen molar-refractivity contribution in [1.29, 1.82) is 0 Å². The molecule has 21 heavy (non-hydrogen) atoms. The molecule has 0 radical (unpaired) electrons. The molecule has 0 saturated carbocycles. The van der Waals surface area contributed by atoms with Crippen molar-refractivity contribution in [3.63, 3.8) is 0 Å². The predicted octanol–water partition coefficient (Wildman–Crippen LogP) is 1.25. The Morgan fingerprint density at radius 3 is 2.38 bits per heavy atom. The molecule has 5 heteroatoms. The van der Waals surface area contributed by atoms with Gasteiger partial charge in [0.15, 0.2) is 0 Å². The first-order valence-corrected chi connectivity index (χ1v) is 6.50. The molecule has 5 nitrogen and oxygen atoms in total. The van der Waals surface area contributed by atoms with Gasteiger partial charge in [-0.3, -0.25) is 14.5 Å². The average molecular weight is 285 g/mol. The van der Waals surface area contributed by atoms with Crippen LogP contribution in [0.5, 0.6) is 0 Å². The lowest BCUT2D eigenvalue weighted by molar-refractivity contribution is -0.156. The van der Waals surface area contributed by atoms with Crippen LogP contribution in [-0.4, -0.2) is 35.3 Å². The molecule has 0 aromatic heterocycles. The second-order valence-electron chi connectivity index (χ2n) is 4.50. The molecule has 1 aliphatic heterocycles. The molecule has 2 rings (SSSR count). The van der Waals surface area contributed by atoms with Crippen LogP contribution < -0.4 is 0 Å². The Balaban J connectivity index is 2.22. The van der Waals surface area contributed by atoms with Gasteiger partial charge in [0.1, 0.15) is 12.6 Å². The molecule has 0 bridgehead atoms. The summed E-state index contributed by atoms with van der Waals surface area (Å²) in [5, 5.41) is 0. The zero-order chi connectivity index (χ0) is 15.2. The van der Waals surface area contributed by atoms with Crippen LogP contribution in [0.15, 0.2) is 55.1 Å². The molecule has 1 aliphatic rings. The molecule has 0 unspecified atom stereocenters. The fraction of sp³-hybridized carbons (Fsp3) is 0.188. The maximum absolute atomic E-state index is 12.1. The van der Waals surface area contributed by atoms with Crippen molar-refractivity contribution in [2.45, 2.75) is 12.5 Å². The fourth-order valence-corrected chi connectivity index (χ4v) is 2.07. The van der Waals surface area contributed by atoms with Crippen molar-refractivity contribution >= 4 is 17.8 Å². The summed E-state index contributed by atoms with van der Waals surface area (Å²) in [5.41, 5.74) is 0.838. The van der Waals surface area contributed by atoms with E-state index in [0.29, 0.717) is 0 Å². The number of benzene rings is 1. The number of hydrogen-bond donors (Lipinski definition) is 0. The number of carbonyl (C=O) groups is 3. The van der Waals surface area contributed by atoms with E-state index in [1.165, 1.54) is 6.08 Å². The largest absolute Gasteiger partial charge is 0.460 e. The number of ether oxygens (including phenoxy) is 1. The van der Waals surface area contributed by atoms with E-state index in [9.17, 15) is 14.4 Å². The second-order valence-corrected chi connectivity index (χ2v) is 4.50. The van der Waals surface area contributed by atoms with Crippen LogP contribution in [0.25, 0.3) is 0 Å². The summed E-state index contributed by atoms with van der Waals surface area (Å²) in [5.74, 6) is -1.63. The Morgan fingerprint density at radius 1 is 1.19 bits per heavy atom. The van der Waals surface area contributed by atoms with Crippen LogP contribution in [0.4, 0.5) is 0 Å². The molecule has 0 spiro atoms. The van der Waals surface area contributed by atoms with Crippen LogP contribution in [0.1, 0.15) is 5.56 Å². The van der Waals surface area contributed by atoms with Crippen molar-refractivity contribution < 1.29 is 19.1 Å². The van der Waals surface area contributed by atoms with E-state index in [-0.39, 0.29) is 13.0 Å². The van der Waals surface area contributed by atoms with Gasteiger partial charge in [0.05, 0.1) is 0 Å². The van der Waals surface area contributed by atoms with Gasteiger partial charge in [0.25, 0.3) is 11.8 Å². The Kier molecular flexibility index (Phi) is 4.66. The third kappa shape index (κ3) is 3.45. The molecule has 0 saturated heterocycles. The number of carbonyl (C=O) groups excluding carboxylic acids is 3. The van der Waals surface area contributed by atoms with Crippen molar-refractivity contribution in [3.05, 3.63) is 60.7 Å². The summed E-state index contributed by atoms with van der Waals surface area (Å²) >= 11 is 0. The smallest absolute Gasteiger partial charge is 0.330 e. The van der Waals surface area contributed by atoms with E-state index in [0.717, 1.165) is 22.6 Å². The number of imide groups is 1. The highest BCUT2D eigenvalue weighted by molar-refractivity contribution is 6.14. The monoisotopic (exact) mass is 285 g/mol. The first-order valence-electron chi connectivity index (χ1n) is 6.50. The first-order chi connectivity index (χ1) is 10.1. The molecular weight excluding hydrogens is 270 g/mol. The normalized spacial score (nSPS) is 15.1. The molecule has 1 atom stereocenters. The summed E-state index contributed by atoms with van der Waals surface area (Å²) in [4.78, 5) is 36.6. The van der Waals surface area contributed by atoms with Gasteiger partial charge in [-0.25, -0.2) is 4.79 Å². The summed E-state index contributed by atoms with van der Waals surface area (Å²) in [6, 6.07) is 8.18. The SMILES string of the molecule is C=CCOC(=O)[C@H](Cc1ccccc1)N1C(=O)C=CC1=O. The van der Waals surface area contributed by atoms with Gasteiger partial charge in [0.2, 0.25) is 0 Å². The van der Waals surface area contributed by atoms with Crippen molar-refractivity contribution in [2.75, 3.05) is 6.61 Å². The zero-order valence-corrected chi connectivity index (χ0v) is 11.4. The van der Waals surface area contributed by atoms with Gasteiger partial charge in [-0.05, 0) is 5.56 Å². The van der Waals surface area contributed by atoms with E-state index in [1.54, 1.807) is 0 Å². The quantitative estimate of drug-likeness (QED) is 0.448. The standard InChI is InChI=1S/C16H15NO4/c1-2-10-21-16(20)13(11-12-6-4-3-5-7-12)17-14(18)8-9-15(17)19/h2-9,13H,1,10-11H2/t13-/m0/s1. The highest BCUT2D eigenvalue weighted by Crippen LogP contribution is 2.16. The van der Waals surface area contributed by atoms with Gasteiger partial charge in [-0.2, -0.15) is 0 Å². The molecule has 1 aromatic rings. The minimum Gasteiger partial charge on any atom is -0.460 e. The molecule has 108 valence electrons. The number of rotatable bonds is 6. The number of nitrogens with zero attached hydrogens (tertiary/aromatic N) is 1. The zero-order valence-electron chi connectivity index (χ0n) is 11.4. The summed E-state index contributed by atoms with van der Waals surface area (Å²) in [6.45, 7) is 3.50. The maximum atomic E-state index is 12.1. The maximum Gasteiger partial charge on any atom is 0.330 e. The van der Waals surface area contributed by atoms with Gasteiger partial charge < -0.3 is 4.74 Å². The second kappa shape index (κ2) is 6.65. The van der Waals surface area contributed by atoms with Crippen LogP contribution in [-0.2, 0) is 25.5 Å². The molecule has 2 amide bonds. The Labute approximate surface area is 122 Å². The third-order valence-corrected chi connectivity index (χ3v) is 3.04. The molecule has 1 heterocycles. The molecule has 0 N–H and O–H groups in total. The molecular formula is C16H15NO4. The van der Waals surface area contributed by atoms with E-state index >= 15 is 0 Å². The van der Waals surface area contributed by atoms with Crippen LogP contribution >= 0.6 is 0 Å². The van der Waals surface area contributed by atoms with Crippen molar-refractivity contribution in [3.8, 4) is 0 Å². The van der Waals surface area contributed by atoms with Gasteiger partial charge in [0, 0.05) is 18.6 Å². The van der Waals surface area contributed by atoms with Crippen molar-refractivity contribution in [2.24, 2.45) is 0 Å². The van der Waals surface area contributed by atoms with E-state index in [2.05, 4.69) is 6.58 Å². The Morgan fingerprint density at radius 2 is 1.81 bits per heavy atom. The van der Waals surface area contributed by atoms with Crippen LogP contribution in [0, 0.1) is 0 Å². The lowest BCUT2D eigenvalue weighted by Crippen LogP contribution is -2.47. The molecule has 0 aliphatic carbocycles.